The first-order valence-electron chi connectivity index (χ1n) is 17.2. The topological polar surface area (TPSA) is 52.1 Å². The molecule has 0 amide bonds. The quantitative estimate of drug-likeness (QED) is 0.190. The zero-order chi connectivity index (χ0) is 33.5. The lowest BCUT2D eigenvalue weighted by Crippen LogP contribution is -2.26. The highest BCUT2D eigenvalue weighted by Gasteiger charge is 2.52. The van der Waals surface area contributed by atoms with Crippen LogP contribution in [0, 0.1) is 0 Å². The predicted molar refractivity (Wildman–Crippen MR) is 202 cm³/mol. The van der Waals surface area contributed by atoms with Crippen molar-refractivity contribution in [2.24, 2.45) is 0 Å². The third-order valence-corrected chi connectivity index (χ3v) is 11.0. The smallest absolute Gasteiger partial charge is 0.181 e. The summed E-state index contributed by atoms with van der Waals surface area (Å²) in [7, 11) is 0. The van der Waals surface area contributed by atoms with E-state index in [-0.39, 0.29) is 0 Å². The number of rotatable bonds is 4. The van der Waals surface area contributed by atoms with Crippen LogP contribution in [0.2, 0.25) is 0 Å². The van der Waals surface area contributed by atoms with Crippen molar-refractivity contribution in [3.05, 3.63) is 193 Å². The maximum Gasteiger partial charge on any atom is 0.181 e. The van der Waals surface area contributed by atoms with Crippen LogP contribution >= 0.6 is 0 Å². The van der Waals surface area contributed by atoms with E-state index in [1.54, 1.807) is 12.5 Å². The van der Waals surface area contributed by atoms with E-state index in [1.807, 2.05) is 0 Å². The number of fused-ring (bicyclic) bond motifs is 12. The molecule has 0 fully saturated rings. The largest absolute Gasteiger partial charge is 0.451 e. The normalized spacial score (nSPS) is 13.3. The first kappa shape index (κ1) is 28.1. The average Bonchev–Trinajstić information content (AvgIpc) is 4.02. The first-order valence-corrected chi connectivity index (χ1v) is 17.2. The third kappa shape index (κ3) is 3.90. The van der Waals surface area contributed by atoms with Gasteiger partial charge in [-0.2, -0.15) is 0 Å². The van der Waals surface area contributed by atoms with Gasteiger partial charge in [0.25, 0.3) is 0 Å². The number of oxazole rings is 2. The number of aromatic nitrogens is 2. The molecule has 0 N–H and O–H groups in total. The van der Waals surface area contributed by atoms with Crippen molar-refractivity contribution in [3.63, 3.8) is 0 Å². The molecule has 0 saturated heterocycles. The molecule has 7 aromatic carbocycles. The van der Waals surface area contributed by atoms with E-state index in [9.17, 15) is 0 Å². The Kier molecular flexibility index (Phi) is 5.84. The molecular weight excluding hydrogens is 625 g/mol. The second-order valence-corrected chi connectivity index (χ2v) is 13.4. The number of nitrogens with zero attached hydrogens (tertiary/aromatic N) is 2. The van der Waals surface area contributed by atoms with Crippen molar-refractivity contribution in [3.8, 4) is 67.0 Å². The number of hydrogen-bond donors (Lipinski definition) is 0. The molecule has 0 unspecified atom stereocenters. The molecule has 4 heteroatoms. The molecule has 2 aliphatic carbocycles. The molecule has 2 heterocycles. The summed E-state index contributed by atoms with van der Waals surface area (Å²) < 4.78 is 10.5. The van der Waals surface area contributed by atoms with Crippen LogP contribution in [0.15, 0.2) is 180 Å². The zero-order valence-electron chi connectivity index (χ0n) is 27.4. The van der Waals surface area contributed by atoms with Gasteiger partial charge in [0, 0.05) is 11.1 Å². The van der Waals surface area contributed by atoms with E-state index in [0.29, 0.717) is 0 Å². The fourth-order valence-corrected chi connectivity index (χ4v) is 8.78. The summed E-state index contributed by atoms with van der Waals surface area (Å²) in [4.78, 5) is 8.72. The van der Waals surface area contributed by atoms with Gasteiger partial charge >= 0.3 is 0 Å². The highest BCUT2D eigenvalue weighted by Crippen LogP contribution is 2.64. The fourth-order valence-electron chi connectivity index (χ4n) is 8.78. The molecule has 0 atom stereocenters. The van der Waals surface area contributed by atoms with Gasteiger partial charge in [-0.3, -0.25) is 0 Å². The zero-order valence-corrected chi connectivity index (χ0v) is 27.4. The molecule has 2 aliphatic rings. The van der Waals surface area contributed by atoms with Gasteiger partial charge in [-0.15, -0.1) is 0 Å². The Morgan fingerprint density at radius 2 is 0.902 bits per heavy atom. The summed E-state index contributed by atoms with van der Waals surface area (Å²) in [6, 6.07) is 53.8. The summed E-state index contributed by atoms with van der Waals surface area (Å²) in [6.07, 6.45) is 6.32. The Balaban J connectivity index is 1.19. The molecule has 238 valence electrons. The predicted octanol–water partition coefficient (Wildman–Crippen LogP) is 11.8. The van der Waals surface area contributed by atoms with Gasteiger partial charge in [0.05, 0.1) is 5.41 Å². The molecule has 0 aliphatic heterocycles. The Hall–Kier alpha value is -6.78. The highest BCUT2D eigenvalue weighted by molar-refractivity contribution is 6.11. The molecule has 0 bridgehead atoms. The van der Waals surface area contributed by atoms with Crippen LogP contribution in [0.1, 0.15) is 22.3 Å². The Labute approximate surface area is 294 Å². The molecule has 9 aromatic rings. The summed E-state index contributed by atoms with van der Waals surface area (Å²) in [5.74, 6) is 0. The van der Waals surface area contributed by atoms with Crippen LogP contribution < -0.4 is 0 Å². The molecular formula is C47H28N2O2. The highest BCUT2D eigenvalue weighted by atomic mass is 16.3. The SMILES string of the molecule is c1ccc2c(c1)-c1ccccc1C21c2cc(-c3ccc(-c4cocn4)cc3)ccc2-c2c1cc(-c1ccc(-c3cocn3)cc1)c1ccccc21. The molecule has 0 radical (unpaired) electrons. The van der Waals surface area contributed by atoms with Gasteiger partial charge in [0.15, 0.2) is 12.8 Å². The minimum absolute atomic E-state index is 0.492. The van der Waals surface area contributed by atoms with Crippen molar-refractivity contribution in [1.82, 2.24) is 9.97 Å². The van der Waals surface area contributed by atoms with Crippen molar-refractivity contribution in [2.45, 2.75) is 5.41 Å². The monoisotopic (exact) mass is 652 g/mol. The van der Waals surface area contributed by atoms with Gasteiger partial charge in [-0.25, -0.2) is 9.97 Å². The standard InChI is InChI=1S/C47H28N2O2/c1-2-10-37-34(7-1)39(30-15-19-32(20-16-30)45-26-51-28-49-45)24-43-46(37)38-22-21-33(29-13-17-31(18-14-29)44-25-50-27-48-44)23-42(38)47(43)40-11-5-3-8-35(40)36-9-4-6-12-41(36)47/h1-28H. The lowest BCUT2D eigenvalue weighted by atomic mass is 9.69. The minimum Gasteiger partial charge on any atom is -0.451 e. The van der Waals surface area contributed by atoms with Gasteiger partial charge in [0.2, 0.25) is 0 Å². The summed E-state index contributed by atoms with van der Waals surface area (Å²) in [5.41, 5.74) is 18.4. The van der Waals surface area contributed by atoms with E-state index < -0.39 is 5.41 Å². The molecule has 51 heavy (non-hydrogen) atoms. The van der Waals surface area contributed by atoms with Crippen molar-refractivity contribution in [2.75, 3.05) is 0 Å². The minimum atomic E-state index is -0.492. The van der Waals surface area contributed by atoms with Crippen LogP contribution in [-0.2, 0) is 5.41 Å². The van der Waals surface area contributed by atoms with E-state index >= 15 is 0 Å². The van der Waals surface area contributed by atoms with Crippen LogP contribution in [0.5, 0.6) is 0 Å². The van der Waals surface area contributed by atoms with Crippen LogP contribution in [-0.4, -0.2) is 9.97 Å². The second kappa shape index (κ2) is 10.6. The van der Waals surface area contributed by atoms with Gasteiger partial charge in [-0.1, -0.05) is 133 Å². The summed E-state index contributed by atoms with van der Waals surface area (Å²) in [6.45, 7) is 0. The number of hydrogen-bond acceptors (Lipinski definition) is 4. The maximum atomic E-state index is 5.27. The van der Waals surface area contributed by atoms with E-state index in [2.05, 4.69) is 156 Å². The van der Waals surface area contributed by atoms with Gasteiger partial charge in [-0.05, 0) is 89.7 Å². The van der Waals surface area contributed by atoms with Crippen LogP contribution in [0.25, 0.3) is 77.8 Å². The molecule has 2 aromatic heterocycles. The average molecular weight is 653 g/mol. The Morgan fingerprint density at radius 1 is 0.373 bits per heavy atom. The lowest BCUT2D eigenvalue weighted by molar-refractivity contribution is 0.558. The summed E-state index contributed by atoms with van der Waals surface area (Å²) in [5, 5.41) is 2.50. The molecule has 4 nitrogen and oxygen atoms in total. The molecule has 1 spiro atoms. The number of benzene rings is 7. The summed E-state index contributed by atoms with van der Waals surface area (Å²) >= 11 is 0. The first-order chi connectivity index (χ1) is 25.3. The van der Waals surface area contributed by atoms with Crippen LogP contribution in [0.4, 0.5) is 0 Å². The maximum absolute atomic E-state index is 5.27. The Morgan fingerprint density at radius 3 is 1.51 bits per heavy atom. The van der Waals surface area contributed by atoms with E-state index in [4.69, 9.17) is 8.83 Å². The fraction of sp³-hybridized carbons (Fsp3) is 0.0213. The third-order valence-electron chi connectivity index (χ3n) is 11.0. The Bertz CT molecular complexity index is 2730. The van der Waals surface area contributed by atoms with Crippen molar-refractivity contribution < 1.29 is 8.83 Å². The van der Waals surface area contributed by atoms with Crippen molar-refractivity contribution in [1.29, 1.82) is 0 Å². The van der Waals surface area contributed by atoms with Crippen LogP contribution in [0.3, 0.4) is 0 Å². The lowest BCUT2D eigenvalue weighted by Gasteiger charge is -2.31. The molecule has 0 saturated carbocycles. The second-order valence-electron chi connectivity index (χ2n) is 13.4. The molecule has 11 rings (SSSR count). The van der Waals surface area contributed by atoms with Gasteiger partial charge in [0.1, 0.15) is 23.9 Å². The van der Waals surface area contributed by atoms with E-state index in [1.165, 1.54) is 84.8 Å². The van der Waals surface area contributed by atoms with Gasteiger partial charge < -0.3 is 8.83 Å². The van der Waals surface area contributed by atoms with E-state index in [0.717, 1.165) is 28.1 Å². The van der Waals surface area contributed by atoms with Crippen molar-refractivity contribution >= 4 is 10.8 Å².